The SMILES string of the molecule is O=C(Cc1ccc(F)cc1)Nc1ccc(OCc2ccc(Cl)cc2)cc1. The van der Waals surface area contributed by atoms with Crippen molar-refractivity contribution in [2.45, 2.75) is 13.0 Å². The smallest absolute Gasteiger partial charge is 0.228 e. The molecule has 0 spiro atoms. The van der Waals surface area contributed by atoms with Gasteiger partial charge in [-0.25, -0.2) is 4.39 Å². The Labute approximate surface area is 156 Å². The lowest BCUT2D eigenvalue weighted by Crippen LogP contribution is -2.14. The van der Waals surface area contributed by atoms with Gasteiger partial charge in [0, 0.05) is 10.7 Å². The Morgan fingerprint density at radius 2 is 1.50 bits per heavy atom. The van der Waals surface area contributed by atoms with Crippen molar-refractivity contribution in [1.82, 2.24) is 0 Å². The molecule has 0 radical (unpaired) electrons. The average Bonchev–Trinajstić information content (AvgIpc) is 2.64. The summed E-state index contributed by atoms with van der Waals surface area (Å²) in [5, 5.41) is 3.50. The molecule has 5 heteroatoms. The predicted octanol–water partition coefficient (Wildman–Crippen LogP) is 5.24. The molecule has 26 heavy (non-hydrogen) atoms. The summed E-state index contributed by atoms with van der Waals surface area (Å²) in [7, 11) is 0. The van der Waals surface area contributed by atoms with Crippen LogP contribution in [0.3, 0.4) is 0 Å². The molecule has 0 unspecified atom stereocenters. The fourth-order valence-corrected chi connectivity index (χ4v) is 2.50. The van der Waals surface area contributed by atoms with E-state index in [2.05, 4.69) is 5.32 Å². The highest BCUT2D eigenvalue weighted by Crippen LogP contribution is 2.18. The number of hydrogen-bond donors (Lipinski definition) is 1. The lowest BCUT2D eigenvalue weighted by molar-refractivity contribution is -0.115. The van der Waals surface area contributed by atoms with Crippen LogP contribution < -0.4 is 10.1 Å². The standard InChI is InChI=1S/C21H17ClFNO2/c22-17-5-1-16(2-6-17)14-26-20-11-9-19(10-12-20)24-21(25)13-15-3-7-18(23)8-4-15/h1-12H,13-14H2,(H,24,25). The van der Waals surface area contributed by atoms with Crippen LogP contribution in [0.15, 0.2) is 72.8 Å². The molecular formula is C21H17ClFNO2. The summed E-state index contributed by atoms with van der Waals surface area (Å²) in [6.45, 7) is 0.438. The van der Waals surface area contributed by atoms with E-state index in [1.165, 1.54) is 12.1 Å². The Morgan fingerprint density at radius 3 is 2.15 bits per heavy atom. The van der Waals surface area contributed by atoms with Gasteiger partial charge in [0.25, 0.3) is 0 Å². The van der Waals surface area contributed by atoms with Crippen LogP contribution in [0.25, 0.3) is 0 Å². The summed E-state index contributed by atoms with van der Waals surface area (Å²) >= 11 is 5.85. The highest BCUT2D eigenvalue weighted by molar-refractivity contribution is 6.30. The third-order valence-corrected chi connectivity index (χ3v) is 3.99. The van der Waals surface area contributed by atoms with E-state index in [-0.39, 0.29) is 18.1 Å². The Morgan fingerprint density at radius 1 is 0.885 bits per heavy atom. The van der Waals surface area contributed by atoms with Gasteiger partial charge in [-0.15, -0.1) is 0 Å². The summed E-state index contributed by atoms with van der Waals surface area (Å²) < 4.78 is 18.6. The van der Waals surface area contributed by atoms with Crippen molar-refractivity contribution < 1.29 is 13.9 Å². The van der Waals surface area contributed by atoms with Crippen molar-refractivity contribution in [3.8, 4) is 5.75 Å². The third kappa shape index (κ3) is 5.33. The second-order valence-corrected chi connectivity index (χ2v) is 6.23. The van der Waals surface area contributed by atoms with Crippen LogP contribution in [0.1, 0.15) is 11.1 Å². The Balaban J connectivity index is 1.51. The van der Waals surface area contributed by atoms with Gasteiger partial charge in [-0.1, -0.05) is 35.9 Å². The van der Waals surface area contributed by atoms with Gasteiger partial charge in [0.05, 0.1) is 6.42 Å². The van der Waals surface area contributed by atoms with E-state index in [1.54, 1.807) is 36.4 Å². The molecule has 0 bridgehead atoms. The van der Waals surface area contributed by atoms with Crippen molar-refractivity contribution >= 4 is 23.2 Å². The van der Waals surface area contributed by atoms with Crippen LogP contribution in [0, 0.1) is 5.82 Å². The van der Waals surface area contributed by atoms with E-state index < -0.39 is 0 Å². The van der Waals surface area contributed by atoms with Gasteiger partial charge in [-0.05, 0) is 59.7 Å². The van der Waals surface area contributed by atoms with Crippen molar-refractivity contribution in [2.75, 3.05) is 5.32 Å². The highest BCUT2D eigenvalue weighted by Gasteiger charge is 2.05. The largest absolute Gasteiger partial charge is 0.489 e. The first-order valence-corrected chi connectivity index (χ1v) is 8.48. The van der Waals surface area contributed by atoms with Crippen molar-refractivity contribution in [1.29, 1.82) is 0 Å². The second-order valence-electron chi connectivity index (χ2n) is 5.79. The van der Waals surface area contributed by atoms with E-state index in [0.29, 0.717) is 23.1 Å². The zero-order chi connectivity index (χ0) is 18.4. The summed E-state index contributed by atoms with van der Waals surface area (Å²) in [6, 6.07) is 20.5. The molecule has 1 amide bonds. The minimum Gasteiger partial charge on any atom is -0.489 e. The number of carbonyl (C=O) groups is 1. The van der Waals surface area contributed by atoms with E-state index in [4.69, 9.17) is 16.3 Å². The number of rotatable bonds is 6. The quantitative estimate of drug-likeness (QED) is 0.645. The zero-order valence-corrected chi connectivity index (χ0v) is 14.7. The zero-order valence-electron chi connectivity index (χ0n) is 13.9. The molecule has 0 aromatic heterocycles. The number of benzene rings is 3. The first-order chi connectivity index (χ1) is 12.6. The predicted molar refractivity (Wildman–Crippen MR) is 101 cm³/mol. The van der Waals surface area contributed by atoms with Crippen LogP contribution in [0.2, 0.25) is 5.02 Å². The number of halogens is 2. The molecule has 0 fully saturated rings. The normalized spacial score (nSPS) is 10.4. The number of carbonyl (C=O) groups excluding carboxylic acids is 1. The van der Waals surface area contributed by atoms with Crippen LogP contribution in [0.5, 0.6) is 5.75 Å². The van der Waals surface area contributed by atoms with Crippen molar-refractivity contribution in [3.05, 3.63) is 94.8 Å². The van der Waals surface area contributed by atoms with Gasteiger partial charge >= 0.3 is 0 Å². The molecule has 3 nitrogen and oxygen atoms in total. The summed E-state index contributed by atoms with van der Waals surface area (Å²) in [5.41, 5.74) is 2.45. The van der Waals surface area contributed by atoms with Gasteiger partial charge in [-0.3, -0.25) is 4.79 Å². The van der Waals surface area contributed by atoms with Gasteiger partial charge in [0.2, 0.25) is 5.91 Å². The molecule has 3 rings (SSSR count). The number of amides is 1. The second kappa shape index (κ2) is 8.50. The molecule has 132 valence electrons. The lowest BCUT2D eigenvalue weighted by atomic mass is 10.1. The summed E-state index contributed by atoms with van der Waals surface area (Å²) in [4.78, 5) is 12.0. The molecule has 0 heterocycles. The minimum atomic E-state index is -0.316. The maximum absolute atomic E-state index is 12.9. The minimum absolute atomic E-state index is 0.161. The molecule has 0 saturated heterocycles. The molecule has 0 saturated carbocycles. The molecule has 3 aromatic rings. The average molecular weight is 370 g/mol. The van der Waals surface area contributed by atoms with Crippen LogP contribution in [0.4, 0.5) is 10.1 Å². The van der Waals surface area contributed by atoms with E-state index in [0.717, 1.165) is 11.1 Å². The highest BCUT2D eigenvalue weighted by atomic mass is 35.5. The number of hydrogen-bond acceptors (Lipinski definition) is 2. The van der Waals surface area contributed by atoms with E-state index in [1.807, 2.05) is 24.3 Å². The Kier molecular flexibility index (Phi) is 5.87. The molecule has 0 aliphatic heterocycles. The molecule has 0 aliphatic rings. The monoisotopic (exact) mass is 369 g/mol. The van der Waals surface area contributed by atoms with Gasteiger partial charge in [0.1, 0.15) is 18.2 Å². The molecule has 0 atom stereocenters. The number of ether oxygens (including phenoxy) is 1. The fourth-order valence-electron chi connectivity index (χ4n) is 2.37. The fraction of sp³-hybridized carbons (Fsp3) is 0.0952. The van der Waals surface area contributed by atoms with Crippen LogP contribution in [-0.2, 0) is 17.8 Å². The van der Waals surface area contributed by atoms with Gasteiger partial charge in [0.15, 0.2) is 0 Å². The lowest BCUT2D eigenvalue weighted by Gasteiger charge is -2.09. The van der Waals surface area contributed by atoms with Crippen LogP contribution >= 0.6 is 11.6 Å². The first kappa shape index (κ1) is 18.0. The third-order valence-electron chi connectivity index (χ3n) is 3.73. The molecule has 3 aromatic carbocycles. The van der Waals surface area contributed by atoms with Crippen molar-refractivity contribution in [3.63, 3.8) is 0 Å². The first-order valence-electron chi connectivity index (χ1n) is 8.10. The summed E-state index contributed by atoms with van der Waals surface area (Å²) in [5.74, 6) is 0.228. The molecular weight excluding hydrogens is 353 g/mol. The number of nitrogens with one attached hydrogen (secondary N) is 1. The van der Waals surface area contributed by atoms with Crippen molar-refractivity contribution in [2.24, 2.45) is 0 Å². The van der Waals surface area contributed by atoms with E-state index >= 15 is 0 Å². The van der Waals surface area contributed by atoms with Gasteiger partial charge < -0.3 is 10.1 Å². The van der Waals surface area contributed by atoms with Gasteiger partial charge in [-0.2, -0.15) is 0 Å². The maximum Gasteiger partial charge on any atom is 0.228 e. The van der Waals surface area contributed by atoms with E-state index in [9.17, 15) is 9.18 Å². The Bertz CT molecular complexity index is 862. The maximum atomic E-state index is 12.9. The van der Waals surface area contributed by atoms with Crippen LogP contribution in [-0.4, -0.2) is 5.91 Å². The molecule has 1 N–H and O–H groups in total. The molecule has 0 aliphatic carbocycles. The number of anilines is 1. The Hall–Kier alpha value is -2.85. The summed E-state index contributed by atoms with van der Waals surface area (Å²) in [6.07, 6.45) is 0.190. The topological polar surface area (TPSA) is 38.3 Å².